The second kappa shape index (κ2) is 7.40. The molecule has 0 bridgehead atoms. The summed E-state index contributed by atoms with van der Waals surface area (Å²) in [6.45, 7) is 0.840. The van der Waals surface area contributed by atoms with Gasteiger partial charge in [0.15, 0.2) is 6.29 Å². The van der Waals surface area contributed by atoms with Gasteiger partial charge < -0.3 is 14.6 Å². The molecule has 1 fully saturated rings. The van der Waals surface area contributed by atoms with Gasteiger partial charge in [0.05, 0.1) is 19.1 Å². The fraction of sp³-hybridized carbons (Fsp3) is 0.316. The lowest BCUT2D eigenvalue weighted by atomic mass is 10.2. The summed E-state index contributed by atoms with van der Waals surface area (Å²) in [7, 11) is 0. The van der Waals surface area contributed by atoms with E-state index in [4.69, 9.17) is 14.6 Å². The van der Waals surface area contributed by atoms with E-state index >= 15 is 0 Å². The van der Waals surface area contributed by atoms with Crippen LogP contribution in [0.5, 0.6) is 0 Å². The number of hydrogen-bond acceptors (Lipinski definition) is 3. The third kappa shape index (κ3) is 4.41. The second-order valence-corrected chi connectivity index (χ2v) is 5.81. The maximum atomic E-state index is 11.1. The fourth-order valence-electron chi connectivity index (χ4n) is 2.60. The van der Waals surface area contributed by atoms with Crippen LogP contribution in [0.15, 0.2) is 60.7 Å². The van der Waals surface area contributed by atoms with E-state index in [9.17, 15) is 4.79 Å². The molecule has 1 aliphatic carbocycles. The van der Waals surface area contributed by atoms with E-state index in [2.05, 4.69) is 0 Å². The van der Waals surface area contributed by atoms with E-state index in [1.54, 1.807) is 0 Å². The molecule has 0 spiro atoms. The molecule has 1 N–H and O–H groups in total. The third-order valence-corrected chi connectivity index (χ3v) is 4.02. The highest BCUT2D eigenvalue weighted by molar-refractivity contribution is 5.73. The molecule has 0 radical (unpaired) electrons. The first-order valence-electron chi connectivity index (χ1n) is 7.78. The van der Waals surface area contributed by atoms with Gasteiger partial charge in [0.2, 0.25) is 0 Å². The molecule has 0 aliphatic heterocycles. The summed E-state index contributed by atoms with van der Waals surface area (Å²) in [6.07, 6.45) is 0.125. The zero-order valence-electron chi connectivity index (χ0n) is 12.8. The summed E-state index contributed by atoms with van der Waals surface area (Å²) in [4.78, 5) is 11.1. The third-order valence-electron chi connectivity index (χ3n) is 4.02. The topological polar surface area (TPSA) is 55.8 Å². The Hall–Kier alpha value is -2.17. The van der Waals surface area contributed by atoms with Gasteiger partial charge in [0.1, 0.15) is 0 Å². The first-order valence-corrected chi connectivity index (χ1v) is 7.78. The van der Waals surface area contributed by atoms with Gasteiger partial charge in [-0.05, 0) is 17.5 Å². The standard InChI is InChI=1S/C19H20O4/c20-18(21)16-11-17(16)19(22-12-14-7-3-1-4-8-14)23-13-15-9-5-2-6-10-15/h1-10,16-17,19H,11-13H2,(H,20,21). The molecule has 3 rings (SSSR count). The van der Waals surface area contributed by atoms with Crippen LogP contribution in [0.3, 0.4) is 0 Å². The Kier molecular flexibility index (Phi) is 5.05. The number of carbonyl (C=O) groups is 1. The number of aliphatic carboxylic acids is 1. The lowest BCUT2D eigenvalue weighted by molar-refractivity contribution is -0.173. The van der Waals surface area contributed by atoms with Gasteiger partial charge in [-0.1, -0.05) is 60.7 Å². The molecule has 23 heavy (non-hydrogen) atoms. The number of rotatable bonds is 8. The lowest BCUT2D eigenvalue weighted by Gasteiger charge is -2.19. The molecule has 0 heterocycles. The van der Waals surface area contributed by atoms with E-state index in [1.807, 2.05) is 60.7 Å². The second-order valence-electron chi connectivity index (χ2n) is 5.81. The molecule has 2 aromatic rings. The van der Waals surface area contributed by atoms with Crippen molar-refractivity contribution in [2.24, 2.45) is 11.8 Å². The molecule has 1 saturated carbocycles. The van der Waals surface area contributed by atoms with Crippen molar-refractivity contribution in [1.82, 2.24) is 0 Å². The van der Waals surface area contributed by atoms with Gasteiger partial charge in [-0.2, -0.15) is 0 Å². The molecule has 4 nitrogen and oxygen atoms in total. The smallest absolute Gasteiger partial charge is 0.306 e. The molecule has 2 aromatic carbocycles. The van der Waals surface area contributed by atoms with Crippen molar-refractivity contribution in [3.63, 3.8) is 0 Å². The average molecular weight is 312 g/mol. The molecular formula is C19H20O4. The summed E-state index contributed by atoms with van der Waals surface area (Å²) in [6, 6.07) is 19.6. The fourth-order valence-corrected chi connectivity index (χ4v) is 2.60. The Morgan fingerprint density at radius 3 is 1.83 bits per heavy atom. The van der Waals surface area contributed by atoms with Crippen molar-refractivity contribution in [2.45, 2.75) is 25.9 Å². The maximum absolute atomic E-state index is 11.1. The lowest BCUT2D eigenvalue weighted by Crippen LogP contribution is -2.22. The summed E-state index contributed by atoms with van der Waals surface area (Å²) in [5.74, 6) is -1.20. The minimum atomic E-state index is -0.772. The first kappa shape index (κ1) is 15.7. The molecule has 4 heteroatoms. The van der Waals surface area contributed by atoms with Crippen molar-refractivity contribution >= 4 is 5.97 Å². The van der Waals surface area contributed by atoms with Crippen LogP contribution in [0.25, 0.3) is 0 Å². The summed E-state index contributed by atoms with van der Waals surface area (Å²) in [5, 5.41) is 9.13. The molecule has 0 saturated heterocycles. The van der Waals surface area contributed by atoms with E-state index in [-0.39, 0.29) is 11.8 Å². The van der Waals surface area contributed by atoms with Crippen LogP contribution in [0, 0.1) is 11.8 Å². The molecule has 0 aromatic heterocycles. The number of carboxylic acid groups (broad SMARTS) is 1. The Morgan fingerprint density at radius 2 is 1.43 bits per heavy atom. The Labute approximate surface area is 135 Å². The van der Waals surface area contributed by atoms with Crippen molar-refractivity contribution in [2.75, 3.05) is 0 Å². The van der Waals surface area contributed by atoms with Crippen LogP contribution in [0.1, 0.15) is 17.5 Å². The predicted octanol–water partition coefficient (Wildman–Crippen LogP) is 3.47. The molecule has 2 unspecified atom stereocenters. The molecule has 0 amide bonds. The van der Waals surface area contributed by atoms with Crippen LogP contribution >= 0.6 is 0 Å². The van der Waals surface area contributed by atoms with Crippen LogP contribution in [0.2, 0.25) is 0 Å². The zero-order chi connectivity index (χ0) is 16.1. The van der Waals surface area contributed by atoms with Crippen LogP contribution in [0.4, 0.5) is 0 Å². The van der Waals surface area contributed by atoms with Gasteiger partial charge in [-0.3, -0.25) is 4.79 Å². The Bertz CT molecular complexity index is 583. The zero-order valence-corrected chi connectivity index (χ0v) is 12.8. The highest BCUT2D eigenvalue weighted by atomic mass is 16.7. The summed E-state index contributed by atoms with van der Waals surface area (Å²) in [5.41, 5.74) is 2.10. The molecular weight excluding hydrogens is 292 g/mol. The largest absolute Gasteiger partial charge is 0.481 e. The van der Waals surface area contributed by atoms with E-state index in [0.717, 1.165) is 11.1 Å². The van der Waals surface area contributed by atoms with Crippen LogP contribution in [-0.4, -0.2) is 17.4 Å². The van der Waals surface area contributed by atoms with Gasteiger partial charge in [0.25, 0.3) is 0 Å². The molecule has 120 valence electrons. The van der Waals surface area contributed by atoms with E-state index < -0.39 is 12.3 Å². The normalized spacial score (nSPS) is 19.7. The predicted molar refractivity (Wildman–Crippen MR) is 85.5 cm³/mol. The molecule has 1 aliphatic rings. The maximum Gasteiger partial charge on any atom is 0.306 e. The van der Waals surface area contributed by atoms with Crippen molar-refractivity contribution < 1.29 is 19.4 Å². The van der Waals surface area contributed by atoms with Crippen molar-refractivity contribution in [3.8, 4) is 0 Å². The summed E-state index contributed by atoms with van der Waals surface area (Å²) >= 11 is 0. The minimum Gasteiger partial charge on any atom is -0.481 e. The minimum absolute atomic E-state index is 0.0695. The number of ether oxygens (including phenoxy) is 2. The van der Waals surface area contributed by atoms with E-state index in [0.29, 0.717) is 19.6 Å². The Balaban J connectivity index is 1.59. The SMILES string of the molecule is O=C(O)C1CC1C(OCc1ccccc1)OCc1ccccc1. The number of carboxylic acids is 1. The van der Waals surface area contributed by atoms with Crippen LogP contribution < -0.4 is 0 Å². The van der Waals surface area contributed by atoms with Gasteiger partial charge in [-0.25, -0.2) is 0 Å². The number of hydrogen-bond donors (Lipinski definition) is 1. The van der Waals surface area contributed by atoms with Crippen molar-refractivity contribution in [3.05, 3.63) is 71.8 Å². The van der Waals surface area contributed by atoms with Gasteiger partial charge >= 0.3 is 5.97 Å². The quantitative estimate of drug-likeness (QED) is 0.758. The van der Waals surface area contributed by atoms with Crippen molar-refractivity contribution in [1.29, 1.82) is 0 Å². The first-order chi connectivity index (χ1) is 11.2. The highest BCUT2D eigenvalue weighted by Crippen LogP contribution is 2.43. The van der Waals surface area contributed by atoms with Crippen LogP contribution in [-0.2, 0) is 27.5 Å². The van der Waals surface area contributed by atoms with Gasteiger partial charge in [-0.15, -0.1) is 0 Å². The highest BCUT2D eigenvalue weighted by Gasteiger charge is 2.49. The molecule has 2 atom stereocenters. The summed E-state index contributed by atoms with van der Waals surface area (Å²) < 4.78 is 11.7. The average Bonchev–Trinajstić information content (AvgIpc) is 3.38. The van der Waals surface area contributed by atoms with E-state index in [1.165, 1.54) is 0 Å². The van der Waals surface area contributed by atoms with Gasteiger partial charge in [0, 0.05) is 5.92 Å². The Morgan fingerprint density at radius 1 is 0.957 bits per heavy atom. The number of benzene rings is 2. The monoisotopic (exact) mass is 312 g/mol.